The summed E-state index contributed by atoms with van der Waals surface area (Å²) in [5, 5.41) is 8.69. The Kier molecular flexibility index (Phi) is 4.73. The van der Waals surface area contributed by atoms with Crippen molar-refractivity contribution in [3.63, 3.8) is 0 Å². The highest BCUT2D eigenvalue weighted by atomic mass is 19.1. The summed E-state index contributed by atoms with van der Waals surface area (Å²) in [7, 11) is 0. The number of halogens is 2. The second-order valence-electron chi connectivity index (χ2n) is 4.91. The van der Waals surface area contributed by atoms with Gasteiger partial charge in [0.1, 0.15) is 5.69 Å². The van der Waals surface area contributed by atoms with Gasteiger partial charge in [0.15, 0.2) is 11.6 Å². The summed E-state index contributed by atoms with van der Waals surface area (Å²) in [5.74, 6) is -1.97. The van der Waals surface area contributed by atoms with Gasteiger partial charge in [-0.2, -0.15) is 5.26 Å². The van der Waals surface area contributed by atoms with Crippen molar-refractivity contribution in [1.29, 1.82) is 5.26 Å². The standard InChI is InChI=1S/C15H16F2N2O2/c1-2-21-15(20)11-3-5-19(6-4-11)14-12(16)7-10(9-18)8-13(14)17/h7-8,11H,2-6H2,1H3. The highest BCUT2D eigenvalue weighted by Crippen LogP contribution is 2.29. The molecule has 0 aliphatic carbocycles. The van der Waals surface area contributed by atoms with Crippen molar-refractivity contribution in [1.82, 2.24) is 0 Å². The Hall–Kier alpha value is -2.16. The van der Waals surface area contributed by atoms with Crippen molar-refractivity contribution in [2.24, 2.45) is 5.92 Å². The van der Waals surface area contributed by atoms with Crippen LogP contribution in [0.15, 0.2) is 12.1 Å². The molecular weight excluding hydrogens is 278 g/mol. The van der Waals surface area contributed by atoms with Crippen LogP contribution in [0.1, 0.15) is 25.3 Å². The molecule has 1 aliphatic rings. The fraction of sp³-hybridized carbons (Fsp3) is 0.467. The molecule has 6 heteroatoms. The van der Waals surface area contributed by atoms with E-state index in [4.69, 9.17) is 10.00 Å². The number of hydrogen-bond acceptors (Lipinski definition) is 4. The molecule has 0 radical (unpaired) electrons. The van der Waals surface area contributed by atoms with Crippen LogP contribution in [0.2, 0.25) is 0 Å². The molecule has 0 aromatic heterocycles. The fourth-order valence-electron chi connectivity index (χ4n) is 2.53. The number of ether oxygens (including phenoxy) is 1. The Bertz CT molecular complexity index is 553. The van der Waals surface area contributed by atoms with Crippen LogP contribution < -0.4 is 4.90 Å². The zero-order valence-corrected chi connectivity index (χ0v) is 11.7. The summed E-state index contributed by atoms with van der Waals surface area (Å²) in [4.78, 5) is 13.2. The lowest BCUT2D eigenvalue weighted by molar-refractivity contribution is -0.148. The van der Waals surface area contributed by atoms with Gasteiger partial charge >= 0.3 is 5.97 Å². The van der Waals surface area contributed by atoms with Gasteiger partial charge in [0.2, 0.25) is 0 Å². The molecule has 0 amide bonds. The molecule has 0 unspecified atom stereocenters. The Balaban J connectivity index is 2.09. The summed E-state index contributed by atoms with van der Waals surface area (Å²) in [5.41, 5.74) is -0.175. The predicted molar refractivity (Wildman–Crippen MR) is 72.6 cm³/mol. The van der Waals surface area contributed by atoms with Crippen molar-refractivity contribution in [3.8, 4) is 6.07 Å². The van der Waals surface area contributed by atoms with E-state index in [0.717, 1.165) is 12.1 Å². The van der Waals surface area contributed by atoms with Crippen LogP contribution in [0.4, 0.5) is 14.5 Å². The number of nitriles is 1. The fourth-order valence-corrected chi connectivity index (χ4v) is 2.53. The van der Waals surface area contributed by atoms with Gasteiger partial charge in [-0.3, -0.25) is 4.79 Å². The second kappa shape index (κ2) is 6.53. The number of hydrogen-bond donors (Lipinski definition) is 0. The molecule has 112 valence electrons. The number of rotatable bonds is 3. The third-order valence-electron chi connectivity index (χ3n) is 3.58. The minimum Gasteiger partial charge on any atom is -0.466 e. The molecule has 0 saturated carbocycles. The average Bonchev–Trinajstić information content (AvgIpc) is 2.47. The monoisotopic (exact) mass is 294 g/mol. The maximum Gasteiger partial charge on any atom is 0.309 e. The van der Waals surface area contributed by atoms with Crippen LogP contribution in [-0.4, -0.2) is 25.7 Å². The maximum absolute atomic E-state index is 13.9. The lowest BCUT2D eigenvalue weighted by Crippen LogP contribution is -2.38. The molecule has 1 aliphatic heterocycles. The van der Waals surface area contributed by atoms with Gasteiger partial charge < -0.3 is 9.64 Å². The van der Waals surface area contributed by atoms with Gasteiger partial charge in [0, 0.05) is 13.1 Å². The van der Waals surface area contributed by atoms with Gasteiger partial charge in [-0.05, 0) is 31.9 Å². The van der Waals surface area contributed by atoms with Crippen LogP contribution in [0.5, 0.6) is 0 Å². The number of benzene rings is 1. The molecule has 4 nitrogen and oxygen atoms in total. The lowest BCUT2D eigenvalue weighted by Gasteiger charge is -2.32. The van der Waals surface area contributed by atoms with Crippen LogP contribution in [0.3, 0.4) is 0 Å². The largest absolute Gasteiger partial charge is 0.466 e. The molecule has 1 fully saturated rings. The molecule has 1 aromatic carbocycles. The number of piperidine rings is 1. The third-order valence-corrected chi connectivity index (χ3v) is 3.58. The zero-order valence-electron chi connectivity index (χ0n) is 11.7. The highest BCUT2D eigenvalue weighted by molar-refractivity contribution is 5.73. The van der Waals surface area contributed by atoms with Crippen LogP contribution in [-0.2, 0) is 9.53 Å². The average molecular weight is 294 g/mol. The van der Waals surface area contributed by atoms with Gasteiger partial charge in [0.05, 0.1) is 24.2 Å². The van der Waals surface area contributed by atoms with Crippen LogP contribution in [0, 0.1) is 28.9 Å². The van der Waals surface area contributed by atoms with Crippen molar-refractivity contribution in [2.45, 2.75) is 19.8 Å². The first-order valence-electron chi connectivity index (χ1n) is 6.87. The van der Waals surface area contributed by atoms with E-state index >= 15 is 0 Å². The topological polar surface area (TPSA) is 53.3 Å². The Morgan fingerprint density at radius 3 is 2.43 bits per heavy atom. The maximum atomic E-state index is 13.9. The number of carbonyl (C=O) groups excluding carboxylic acids is 1. The van der Waals surface area contributed by atoms with Crippen molar-refractivity contribution < 1.29 is 18.3 Å². The minimum absolute atomic E-state index is 0.0461. The molecule has 2 rings (SSSR count). The molecular formula is C15H16F2N2O2. The predicted octanol–water partition coefficient (Wildman–Crippen LogP) is 2.62. The van der Waals surface area contributed by atoms with Crippen LogP contribution in [0.25, 0.3) is 0 Å². The van der Waals surface area contributed by atoms with E-state index in [1.54, 1.807) is 17.9 Å². The van der Waals surface area contributed by atoms with Crippen molar-refractivity contribution >= 4 is 11.7 Å². The Labute approximate surface area is 121 Å². The summed E-state index contributed by atoms with van der Waals surface area (Å²) < 4.78 is 32.8. The number of carbonyl (C=O) groups is 1. The van der Waals surface area contributed by atoms with E-state index in [0.29, 0.717) is 32.5 Å². The highest BCUT2D eigenvalue weighted by Gasteiger charge is 2.28. The lowest BCUT2D eigenvalue weighted by atomic mass is 9.96. The minimum atomic E-state index is -0.749. The number of nitrogens with zero attached hydrogens (tertiary/aromatic N) is 2. The number of esters is 1. The van der Waals surface area contributed by atoms with Gasteiger partial charge in [0.25, 0.3) is 0 Å². The molecule has 1 aromatic rings. The zero-order chi connectivity index (χ0) is 15.4. The van der Waals surface area contributed by atoms with Gasteiger partial charge in [-0.15, -0.1) is 0 Å². The third kappa shape index (κ3) is 3.30. The molecule has 0 atom stereocenters. The molecule has 0 bridgehead atoms. The van der Waals surface area contributed by atoms with Crippen LogP contribution >= 0.6 is 0 Å². The first-order valence-corrected chi connectivity index (χ1v) is 6.87. The van der Waals surface area contributed by atoms with Gasteiger partial charge in [-0.25, -0.2) is 8.78 Å². The first-order chi connectivity index (χ1) is 10.1. The van der Waals surface area contributed by atoms with E-state index in [1.165, 1.54) is 0 Å². The normalized spacial score (nSPS) is 15.6. The molecule has 21 heavy (non-hydrogen) atoms. The molecule has 0 N–H and O–H groups in total. The van der Waals surface area contributed by atoms with E-state index in [9.17, 15) is 13.6 Å². The van der Waals surface area contributed by atoms with E-state index in [1.807, 2.05) is 0 Å². The Morgan fingerprint density at radius 1 is 1.38 bits per heavy atom. The summed E-state index contributed by atoms with van der Waals surface area (Å²) in [6, 6.07) is 3.76. The summed E-state index contributed by atoms with van der Waals surface area (Å²) in [6.07, 6.45) is 0.995. The van der Waals surface area contributed by atoms with Crippen molar-refractivity contribution in [3.05, 3.63) is 29.3 Å². The van der Waals surface area contributed by atoms with Crippen molar-refractivity contribution in [2.75, 3.05) is 24.6 Å². The second-order valence-corrected chi connectivity index (χ2v) is 4.91. The number of anilines is 1. The van der Waals surface area contributed by atoms with E-state index < -0.39 is 11.6 Å². The Morgan fingerprint density at radius 2 is 1.95 bits per heavy atom. The molecule has 1 heterocycles. The molecule has 0 spiro atoms. The summed E-state index contributed by atoms with van der Waals surface area (Å²) in [6.45, 7) is 2.83. The smallest absolute Gasteiger partial charge is 0.309 e. The van der Waals surface area contributed by atoms with E-state index in [2.05, 4.69) is 0 Å². The molecule has 1 saturated heterocycles. The van der Waals surface area contributed by atoms with Gasteiger partial charge in [-0.1, -0.05) is 0 Å². The van der Waals surface area contributed by atoms with E-state index in [-0.39, 0.29) is 23.1 Å². The SMILES string of the molecule is CCOC(=O)C1CCN(c2c(F)cc(C#N)cc2F)CC1. The summed E-state index contributed by atoms with van der Waals surface area (Å²) >= 11 is 0. The first kappa shape index (κ1) is 15.2. The quantitative estimate of drug-likeness (QED) is 0.804.